The number of fused-ring (bicyclic) bond motifs is 2. The zero-order valence-electron chi connectivity index (χ0n) is 19.3. The molecule has 8 nitrogen and oxygen atoms in total. The van der Waals surface area contributed by atoms with Crippen LogP contribution in [0, 0.1) is 0 Å². The Bertz CT molecular complexity index is 1480. The number of anilines is 3. The Hall–Kier alpha value is -3.91. The van der Waals surface area contributed by atoms with E-state index in [1.54, 1.807) is 6.20 Å². The summed E-state index contributed by atoms with van der Waals surface area (Å²) in [4.78, 5) is 16.1. The fourth-order valence-corrected chi connectivity index (χ4v) is 4.77. The maximum Gasteiger partial charge on any atom is 0.180 e. The van der Waals surface area contributed by atoms with Crippen molar-refractivity contribution < 1.29 is 5.11 Å². The van der Waals surface area contributed by atoms with E-state index in [4.69, 9.17) is 4.98 Å². The van der Waals surface area contributed by atoms with E-state index in [1.165, 1.54) is 0 Å². The van der Waals surface area contributed by atoms with Crippen LogP contribution in [0.15, 0.2) is 67.4 Å². The molecule has 172 valence electrons. The Morgan fingerprint density at radius 3 is 2.76 bits per heavy atom. The first-order valence-electron chi connectivity index (χ1n) is 11.5. The van der Waals surface area contributed by atoms with E-state index in [1.807, 2.05) is 65.9 Å². The van der Waals surface area contributed by atoms with Crippen LogP contribution >= 0.6 is 0 Å². The van der Waals surface area contributed by atoms with Crippen LogP contribution in [0.25, 0.3) is 27.9 Å². The quantitative estimate of drug-likeness (QED) is 0.420. The van der Waals surface area contributed by atoms with Crippen LogP contribution in [0.1, 0.15) is 19.8 Å². The summed E-state index contributed by atoms with van der Waals surface area (Å²) in [5.41, 5.74) is 6.07. The highest BCUT2D eigenvalue weighted by Crippen LogP contribution is 2.29. The molecule has 1 atom stereocenters. The van der Waals surface area contributed by atoms with E-state index in [0.717, 1.165) is 58.7 Å². The molecule has 8 heteroatoms. The first kappa shape index (κ1) is 20.7. The smallest absolute Gasteiger partial charge is 0.180 e. The zero-order chi connectivity index (χ0) is 23.3. The van der Waals surface area contributed by atoms with Crippen LogP contribution in [-0.2, 0) is 7.05 Å². The first-order valence-corrected chi connectivity index (χ1v) is 11.5. The second-order valence-electron chi connectivity index (χ2n) is 9.39. The van der Waals surface area contributed by atoms with Crippen molar-refractivity contribution in [3.63, 3.8) is 0 Å². The van der Waals surface area contributed by atoms with Crippen molar-refractivity contribution in [2.75, 3.05) is 23.3 Å². The van der Waals surface area contributed by atoms with E-state index >= 15 is 0 Å². The fourth-order valence-electron chi connectivity index (χ4n) is 4.77. The van der Waals surface area contributed by atoms with Gasteiger partial charge < -0.3 is 24.3 Å². The molecule has 1 fully saturated rings. The van der Waals surface area contributed by atoms with Gasteiger partial charge in [0, 0.05) is 55.7 Å². The largest absolute Gasteiger partial charge is 0.388 e. The third-order valence-electron chi connectivity index (χ3n) is 6.57. The SMILES string of the molecule is Cn1cnc2ccc(-c3cn4ccnc4c(Nc4ccc(N5CCC[C@@](C)(O)C5)cc4)n3)cc21. The van der Waals surface area contributed by atoms with Crippen LogP contribution in [0.4, 0.5) is 17.2 Å². The molecular formula is C26H27N7O. The Morgan fingerprint density at radius 2 is 1.94 bits per heavy atom. The highest BCUT2D eigenvalue weighted by Gasteiger charge is 2.28. The van der Waals surface area contributed by atoms with Gasteiger partial charge in [-0.2, -0.15) is 0 Å². The minimum absolute atomic E-state index is 0.635. The van der Waals surface area contributed by atoms with Crippen LogP contribution in [0.5, 0.6) is 0 Å². The average molecular weight is 454 g/mol. The minimum atomic E-state index is -0.635. The molecule has 1 aliphatic heterocycles. The van der Waals surface area contributed by atoms with Crippen LogP contribution < -0.4 is 10.2 Å². The summed E-state index contributed by atoms with van der Waals surface area (Å²) in [6.07, 6.45) is 9.37. The van der Waals surface area contributed by atoms with Crippen molar-refractivity contribution in [3.8, 4) is 11.3 Å². The first-order chi connectivity index (χ1) is 16.4. The normalized spacial score (nSPS) is 18.6. The van der Waals surface area contributed by atoms with Gasteiger partial charge in [-0.3, -0.25) is 0 Å². The Kier molecular flexibility index (Phi) is 4.77. The van der Waals surface area contributed by atoms with Crippen molar-refractivity contribution in [3.05, 3.63) is 67.4 Å². The zero-order valence-corrected chi connectivity index (χ0v) is 19.3. The number of β-amino-alcohol motifs (C(OH)–C–C–N with tert-alkyl or cyclic N) is 1. The Morgan fingerprint density at radius 1 is 1.09 bits per heavy atom. The van der Waals surface area contributed by atoms with Gasteiger partial charge in [-0.1, -0.05) is 6.07 Å². The summed E-state index contributed by atoms with van der Waals surface area (Å²) in [5.74, 6) is 0.696. The lowest BCUT2D eigenvalue weighted by Crippen LogP contribution is -2.46. The topological polar surface area (TPSA) is 83.5 Å². The molecule has 2 N–H and O–H groups in total. The average Bonchev–Trinajstić information content (AvgIpc) is 3.45. The second kappa shape index (κ2) is 7.85. The highest BCUT2D eigenvalue weighted by molar-refractivity contribution is 5.82. The molecule has 6 rings (SSSR count). The van der Waals surface area contributed by atoms with Crippen molar-refractivity contribution >= 4 is 33.9 Å². The Balaban J connectivity index is 1.31. The molecule has 0 bridgehead atoms. The van der Waals surface area contributed by atoms with E-state index < -0.39 is 5.60 Å². The number of nitrogens with one attached hydrogen (secondary N) is 1. The van der Waals surface area contributed by atoms with E-state index in [0.29, 0.717) is 12.4 Å². The maximum absolute atomic E-state index is 10.4. The molecule has 2 aromatic carbocycles. The Labute approximate surface area is 197 Å². The number of rotatable bonds is 4. The summed E-state index contributed by atoms with van der Waals surface area (Å²) >= 11 is 0. The van der Waals surface area contributed by atoms with Crippen molar-refractivity contribution in [1.29, 1.82) is 0 Å². The number of nitrogens with zero attached hydrogens (tertiary/aromatic N) is 6. The molecule has 4 heterocycles. The number of benzene rings is 2. The number of hydrogen-bond acceptors (Lipinski definition) is 6. The van der Waals surface area contributed by atoms with Gasteiger partial charge in [0.25, 0.3) is 0 Å². The van der Waals surface area contributed by atoms with Crippen molar-refractivity contribution in [2.45, 2.75) is 25.4 Å². The maximum atomic E-state index is 10.4. The molecule has 0 aliphatic carbocycles. The van der Waals surface area contributed by atoms with Gasteiger partial charge in [-0.05, 0) is 56.2 Å². The molecule has 5 aromatic rings. The molecule has 0 amide bonds. The standard InChI is InChI=1S/C26H27N7O/c1-26(34)10-3-12-33(16-26)20-7-5-19(6-8-20)29-24-25-27-11-13-32(25)15-22(30-24)18-4-9-21-23(14-18)31(2)17-28-21/h4-9,11,13-15,17,34H,3,10,12,16H2,1-2H3,(H,29,30)/t26-/m1/s1. The van der Waals surface area contributed by atoms with Crippen molar-refractivity contribution in [2.24, 2.45) is 7.05 Å². The number of hydrogen-bond donors (Lipinski definition) is 2. The molecule has 0 saturated carbocycles. The predicted octanol–water partition coefficient (Wildman–Crippen LogP) is 4.38. The van der Waals surface area contributed by atoms with Crippen molar-refractivity contribution in [1.82, 2.24) is 23.9 Å². The van der Waals surface area contributed by atoms with Crippen LogP contribution in [0.3, 0.4) is 0 Å². The molecule has 0 radical (unpaired) electrons. The summed E-state index contributed by atoms with van der Waals surface area (Å²) in [5, 5.41) is 13.9. The number of piperidine rings is 1. The highest BCUT2D eigenvalue weighted by atomic mass is 16.3. The molecular weight excluding hydrogens is 426 g/mol. The summed E-state index contributed by atoms with van der Waals surface area (Å²) in [6.45, 7) is 3.52. The number of imidazole rings is 2. The lowest BCUT2D eigenvalue weighted by molar-refractivity contribution is 0.0449. The summed E-state index contributed by atoms with van der Waals surface area (Å²) < 4.78 is 4.00. The van der Waals surface area contributed by atoms with E-state index in [9.17, 15) is 5.11 Å². The second-order valence-corrected chi connectivity index (χ2v) is 9.39. The molecule has 1 aliphatic rings. The third kappa shape index (κ3) is 3.76. The van der Waals surface area contributed by atoms with Gasteiger partial charge in [0.15, 0.2) is 11.5 Å². The number of aliphatic hydroxyl groups is 1. The van der Waals surface area contributed by atoms with E-state index in [-0.39, 0.29) is 0 Å². The molecule has 34 heavy (non-hydrogen) atoms. The van der Waals surface area contributed by atoms with Crippen LogP contribution in [0.2, 0.25) is 0 Å². The molecule has 1 saturated heterocycles. The lowest BCUT2D eigenvalue weighted by atomic mass is 9.95. The fraction of sp³-hybridized carbons (Fsp3) is 0.269. The predicted molar refractivity (Wildman–Crippen MR) is 134 cm³/mol. The molecule has 0 unspecified atom stereocenters. The molecule has 3 aromatic heterocycles. The van der Waals surface area contributed by atoms with Crippen LogP contribution in [-0.4, -0.2) is 47.7 Å². The third-order valence-corrected chi connectivity index (χ3v) is 6.57. The number of aryl methyl sites for hydroxylation is 1. The summed E-state index contributed by atoms with van der Waals surface area (Å²) in [6, 6.07) is 14.5. The number of aromatic nitrogens is 5. The summed E-state index contributed by atoms with van der Waals surface area (Å²) in [7, 11) is 1.99. The lowest BCUT2D eigenvalue weighted by Gasteiger charge is -2.38. The monoisotopic (exact) mass is 453 g/mol. The van der Waals surface area contributed by atoms with Gasteiger partial charge in [0.1, 0.15) is 0 Å². The van der Waals surface area contributed by atoms with Gasteiger partial charge in [0.2, 0.25) is 0 Å². The van der Waals surface area contributed by atoms with Gasteiger partial charge in [-0.15, -0.1) is 0 Å². The van der Waals surface area contributed by atoms with Gasteiger partial charge in [0.05, 0.1) is 28.7 Å². The van der Waals surface area contributed by atoms with E-state index in [2.05, 4.69) is 38.4 Å². The molecule has 0 spiro atoms. The van der Waals surface area contributed by atoms with Gasteiger partial charge >= 0.3 is 0 Å². The minimum Gasteiger partial charge on any atom is -0.388 e. The van der Waals surface area contributed by atoms with Gasteiger partial charge in [-0.25, -0.2) is 15.0 Å².